The number of non-ortho nitro benzene ring substituents is 1. The molecule has 1 saturated carbocycles. The average Bonchev–Trinajstić information content (AvgIpc) is 3.13. The Morgan fingerprint density at radius 3 is 2.74 bits per heavy atom. The summed E-state index contributed by atoms with van der Waals surface area (Å²) in [5.41, 5.74) is 0.0128. The third-order valence-corrected chi connectivity index (χ3v) is 3.14. The monoisotopic (exact) mass is 263 g/mol. The fourth-order valence-corrected chi connectivity index (χ4v) is 1.77. The fraction of sp³-hybridized carbons (Fsp3) is 0.385. The van der Waals surface area contributed by atoms with Crippen LogP contribution in [0.4, 0.5) is 5.69 Å². The molecule has 0 amide bonds. The zero-order valence-electron chi connectivity index (χ0n) is 10.4. The first-order valence-electron chi connectivity index (χ1n) is 5.93. The highest BCUT2D eigenvalue weighted by Crippen LogP contribution is 2.38. The van der Waals surface area contributed by atoms with Gasteiger partial charge >= 0.3 is 5.97 Å². The number of carbonyl (C=O) groups excluding carboxylic acids is 2. The molecule has 6 heteroatoms. The van der Waals surface area contributed by atoms with E-state index < -0.39 is 10.7 Å². The molecule has 2 atom stereocenters. The number of nitro benzene ring substituents is 1. The molecule has 1 aliphatic carbocycles. The maximum absolute atomic E-state index is 11.7. The Kier molecular flexibility index (Phi) is 3.59. The van der Waals surface area contributed by atoms with Crippen molar-refractivity contribution < 1.29 is 19.2 Å². The van der Waals surface area contributed by atoms with Gasteiger partial charge in [0, 0.05) is 17.7 Å². The van der Waals surface area contributed by atoms with Crippen LogP contribution in [-0.4, -0.2) is 23.3 Å². The number of hydrogen-bond donors (Lipinski definition) is 0. The molecule has 2 rings (SSSR count). The Morgan fingerprint density at radius 2 is 2.16 bits per heavy atom. The predicted octanol–water partition coefficient (Wildman–Crippen LogP) is 1.98. The Morgan fingerprint density at radius 1 is 1.47 bits per heavy atom. The molecule has 1 aliphatic rings. The summed E-state index contributed by atoms with van der Waals surface area (Å²) in [7, 11) is 0. The first-order valence-corrected chi connectivity index (χ1v) is 5.93. The lowest BCUT2D eigenvalue weighted by atomic mass is 10.1. The summed E-state index contributed by atoms with van der Waals surface area (Å²) in [5.74, 6) is -0.588. The van der Waals surface area contributed by atoms with Crippen molar-refractivity contribution in [1.29, 1.82) is 0 Å². The van der Waals surface area contributed by atoms with E-state index in [0.717, 1.165) is 6.42 Å². The summed E-state index contributed by atoms with van der Waals surface area (Å²) >= 11 is 0. The maximum Gasteiger partial charge on any atom is 0.309 e. The van der Waals surface area contributed by atoms with E-state index in [2.05, 4.69) is 0 Å². The number of carbonyl (C=O) groups is 2. The lowest BCUT2D eigenvalue weighted by molar-refractivity contribution is -0.384. The van der Waals surface area contributed by atoms with E-state index in [1.807, 2.05) is 6.92 Å². The number of ketones is 1. The van der Waals surface area contributed by atoms with Crippen LogP contribution in [0.5, 0.6) is 0 Å². The van der Waals surface area contributed by atoms with E-state index in [1.165, 1.54) is 24.3 Å². The SMILES string of the molecule is CC1CC1C(=O)OCC(=O)c1cccc([N+](=O)[O-])c1. The van der Waals surface area contributed by atoms with Crippen molar-refractivity contribution in [3.63, 3.8) is 0 Å². The number of ether oxygens (including phenoxy) is 1. The van der Waals surface area contributed by atoms with Crippen LogP contribution in [0.3, 0.4) is 0 Å². The number of nitrogens with zero attached hydrogens (tertiary/aromatic N) is 1. The molecular formula is C13H13NO5. The van der Waals surface area contributed by atoms with Gasteiger partial charge in [0.05, 0.1) is 10.8 Å². The van der Waals surface area contributed by atoms with Crippen LogP contribution >= 0.6 is 0 Å². The van der Waals surface area contributed by atoms with Crippen LogP contribution < -0.4 is 0 Å². The summed E-state index contributed by atoms with van der Waals surface area (Å²) in [6.07, 6.45) is 0.795. The van der Waals surface area contributed by atoms with Crippen molar-refractivity contribution >= 4 is 17.4 Å². The highest BCUT2D eigenvalue weighted by atomic mass is 16.6. The van der Waals surface area contributed by atoms with Crippen LogP contribution in [0.1, 0.15) is 23.7 Å². The van der Waals surface area contributed by atoms with Gasteiger partial charge in [-0.25, -0.2) is 0 Å². The third-order valence-electron chi connectivity index (χ3n) is 3.14. The molecule has 1 aromatic rings. The Hall–Kier alpha value is -2.24. The largest absolute Gasteiger partial charge is 0.457 e. The molecular weight excluding hydrogens is 250 g/mol. The van der Waals surface area contributed by atoms with Gasteiger partial charge in [0.1, 0.15) is 0 Å². The number of benzene rings is 1. The molecule has 6 nitrogen and oxygen atoms in total. The van der Waals surface area contributed by atoms with Crippen molar-refractivity contribution in [2.45, 2.75) is 13.3 Å². The zero-order chi connectivity index (χ0) is 14.0. The third kappa shape index (κ3) is 3.15. The molecule has 0 radical (unpaired) electrons. The van der Waals surface area contributed by atoms with E-state index in [9.17, 15) is 19.7 Å². The highest BCUT2D eigenvalue weighted by molar-refractivity contribution is 5.98. The number of Topliss-reactive ketones (excluding diaryl/α,β-unsaturated/α-hetero) is 1. The molecule has 100 valence electrons. The van der Waals surface area contributed by atoms with Crippen LogP contribution in [-0.2, 0) is 9.53 Å². The molecule has 2 unspecified atom stereocenters. The molecule has 0 saturated heterocycles. The molecule has 0 heterocycles. The second-order valence-corrected chi connectivity index (χ2v) is 4.66. The van der Waals surface area contributed by atoms with Crippen LogP contribution in [0.25, 0.3) is 0 Å². The molecule has 0 aromatic heterocycles. The average molecular weight is 263 g/mol. The lowest BCUT2D eigenvalue weighted by Gasteiger charge is -2.03. The van der Waals surface area contributed by atoms with Crippen molar-refractivity contribution in [2.24, 2.45) is 11.8 Å². The summed E-state index contributed by atoms with van der Waals surface area (Å²) in [6, 6.07) is 5.36. The summed E-state index contributed by atoms with van der Waals surface area (Å²) in [4.78, 5) is 33.2. The highest BCUT2D eigenvalue weighted by Gasteiger charge is 2.40. The normalized spacial score (nSPS) is 20.7. The van der Waals surface area contributed by atoms with Crippen LogP contribution in [0.2, 0.25) is 0 Å². The topological polar surface area (TPSA) is 86.5 Å². The zero-order valence-corrected chi connectivity index (χ0v) is 10.4. The minimum atomic E-state index is -0.575. The van der Waals surface area contributed by atoms with Gasteiger partial charge in [-0.15, -0.1) is 0 Å². The second-order valence-electron chi connectivity index (χ2n) is 4.66. The summed E-state index contributed by atoms with van der Waals surface area (Å²) in [5, 5.41) is 10.6. The quantitative estimate of drug-likeness (QED) is 0.351. The number of esters is 1. The van der Waals surface area contributed by atoms with E-state index in [0.29, 0.717) is 5.92 Å². The summed E-state index contributed by atoms with van der Waals surface area (Å²) < 4.78 is 4.89. The van der Waals surface area contributed by atoms with E-state index >= 15 is 0 Å². The van der Waals surface area contributed by atoms with E-state index in [-0.39, 0.29) is 29.7 Å². The minimum Gasteiger partial charge on any atom is -0.457 e. The van der Waals surface area contributed by atoms with Gasteiger partial charge < -0.3 is 4.74 Å². The second kappa shape index (κ2) is 5.17. The predicted molar refractivity (Wildman–Crippen MR) is 65.7 cm³/mol. The fourth-order valence-electron chi connectivity index (χ4n) is 1.77. The first kappa shape index (κ1) is 13.2. The van der Waals surface area contributed by atoms with Crippen molar-refractivity contribution in [2.75, 3.05) is 6.61 Å². The van der Waals surface area contributed by atoms with Gasteiger partial charge in [-0.1, -0.05) is 19.1 Å². The standard InChI is InChI=1S/C13H13NO5/c1-8-5-11(8)13(16)19-7-12(15)9-3-2-4-10(6-9)14(17)18/h2-4,6,8,11H,5,7H2,1H3. The Labute approximate surface area is 109 Å². The van der Waals surface area contributed by atoms with Gasteiger partial charge in [-0.05, 0) is 12.3 Å². The van der Waals surface area contributed by atoms with Crippen molar-refractivity contribution in [3.05, 3.63) is 39.9 Å². The molecule has 1 fully saturated rings. The molecule has 0 aliphatic heterocycles. The smallest absolute Gasteiger partial charge is 0.309 e. The molecule has 19 heavy (non-hydrogen) atoms. The van der Waals surface area contributed by atoms with E-state index in [1.54, 1.807) is 0 Å². The minimum absolute atomic E-state index is 0.0992. The van der Waals surface area contributed by atoms with Gasteiger partial charge in [0.25, 0.3) is 5.69 Å². The van der Waals surface area contributed by atoms with Gasteiger partial charge in [0.2, 0.25) is 5.78 Å². The lowest BCUT2D eigenvalue weighted by Crippen LogP contribution is -2.15. The number of rotatable bonds is 5. The van der Waals surface area contributed by atoms with Gasteiger partial charge in [-0.3, -0.25) is 19.7 Å². The van der Waals surface area contributed by atoms with Crippen molar-refractivity contribution in [3.8, 4) is 0 Å². The first-order chi connectivity index (χ1) is 8.99. The Balaban J connectivity index is 1.94. The van der Waals surface area contributed by atoms with Gasteiger partial charge in [-0.2, -0.15) is 0 Å². The number of hydrogen-bond acceptors (Lipinski definition) is 5. The summed E-state index contributed by atoms with van der Waals surface area (Å²) in [6.45, 7) is 1.57. The molecule has 0 spiro atoms. The van der Waals surface area contributed by atoms with E-state index in [4.69, 9.17) is 4.74 Å². The number of nitro groups is 1. The molecule has 0 N–H and O–H groups in total. The van der Waals surface area contributed by atoms with Crippen LogP contribution in [0, 0.1) is 22.0 Å². The van der Waals surface area contributed by atoms with Crippen molar-refractivity contribution in [1.82, 2.24) is 0 Å². The molecule has 1 aromatic carbocycles. The molecule has 0 bridgehead atoms. The maximum atomic E-state index is 11.7. The van der Waals surface area contributed by atoms with Crippen LogP contribution in [0.15, 0.2) is 24.3 Å². The van der Waals surface area contributed by atoms with Gasteiger partial charge in [0.15, 0.2) is 6.61 Å². The Bertz CT molecular complexity index is 540.